The summed E-state index contributed by atoms with van der Waals surface area (Å²) in [6.45, 7) is 3.18. The van der Waals surface area contributed by atoms with Gasteiger partial charge in [0.15, 0.2) is 6.29 Å². The lowest BCUT2D eigenvalue weighted by molar-refractivity contribution is -0.298. The minimum Gasteiger partial charge on any atom is -0.394 e. The number of aliphatic hydroxyl groups is 5. The van der Waals surface area contributed by atoms with Crippen molar-refractivity contribution in [2.24, 2.45) is 0 Å². The first-order chi connectivity index (χ1) is 29.4. The zero-order valence-electron chi connectivity index (χ0n) is 37.8. The Labute approximate surface area is 369 Å². The second kappa shape index (κ2) is 37.6. The topological polar surface area (TPSA) is 212 Å². The van der Waals surface area contributed by atoms with Crippen LogP contribution in [0.5, 0.6) is 0 Å². The van der Waals surface area contributed by atoms with Crippen molar-refractivity contribution in [3.63, 3.8) is 0 Å². The van der Waals surface area contributed by atoms with E-state index in [9.17, 15) is 43.3 Å². The van der Waals surface area contributed by atoms with Gasteiger partial charge in [0.2, 0.25) is 5.91 Å². The Bertz CT molecular complexity index is 1250. The highest BCUT2D eigenvalue weighted by atomic mass is 32.3. The van der Waals surface area contributed by atoms with Crippen molar-refractivity contribution in [2.75, 3.05) is 13.2 Å². The zero-order valence-corrected chi connectivity index (χ0v) is 38.7. The third-order valence-electron chi connectivity index (χ3n) is 11.3. The summed E-state index contributed by atoms with van der Waals surface area (Å²) in [5.74, 6) is -0.707. The molecular weight excluding hydrogens is 803 g/mol. The first kappa shape index (κ1) is 57.3. The predicted octanol–water partition coefficient (Wildman–Crippen LogP) is 8.47. The summed E-state index contributed by atoms with van der Waals surface area (Å²) in [4.78, 5) is 13.1. The molecule has 0 spiro atoms. The average Bonchev–Trinajstić information content (AvgIpc) is 3.23. The summed E-state index contributed by atoms with van der Waals surface area (Å²) in [5, 5.41) is 55.2. The van der Waals surface area contributed by atoms with Crippen LogP contribution >= 0.6 is 0 Å². The van der Waals surface area contributed by atoms with Crippen LogP contribution in [0.15, 0.2) is 36.5 Å². The molecule has 61 heavy (non-hydrogen) atoms. The molecule has 0 aliphatic carbocycles. The quantitative estimate of drug-likeness (QED) is 0.0134. The van der Waals surface area contributed by atoms with Crippen molar-refractivity contribution < 1.29 is 57.0 Å². The number of nitrogens with one attached hydrogen (secondary N) is 1. The van der Waals surface area contributed by atoms with Crippen LogP contribution in [0.1, 0.15) is 194 Å². The summed E-state index contributed by atoms with van der Waals surface area (Å²) in [6.07, 6.45) is 32.1. The Morgan fingerprint density at radius 2 is 1.11 bits per heavy atom. The molecule has 0 radical (unpaired) electrons. The fourth-order valence-corrected chi connectivity index (χ4v) is 7.96. The van der Waals surface area contributed by atoms with Gasteiger partial charge in [0.1, 0.15) is 30.5 Å². The Morgan fingerprint density at radius 1 is 0.672 bits per heavy atom. The standard InChI is InChI=1S/C47H87NO12S/c1-3-5-7-9-11-13-15-17-19-20-21-22-24-26-28-30-32-34-36-41(51)46(54)48-39(38-58-47-44(53)45(60-61(55,56)57)43(52)42(37-49)59-47)40(50)35-33-31-29-27-25-23-18-16-14-12-10-8-6-4-2/h11,13,15,17,33,35,39-45,47,49-53H,3-10,12,14,16,18-32,34,36-38H2,1-2H3,(H,48,54)(H,55,56,57)/b13-11-,17-15-,35-33+. The first-order valence-corrected chi connectivity index (χ1v) is 25.4. The SMILES string of the molecule is CCCCC/C=C\C=C/CCCCCCCCCCCC(O)C(=O)NC(COC1OC(CO)C(O)C(OS(=O)(=O)O)C1O)C(O)/C=C/CCCCCCCCCCCCCC. The second-order valence-electron chi connectivity index (χ2n) is 16.9. The number of amides is 1. The Balaban J connectivity index is 2.56. The third kappa shape index (κ3) is 30.1. The van der Waals surface area contributed by atoms with Crippen LogP contribution in [0.2, 0.25) is 0 Å². The van der Waals surface area contributed by atoms with Gasteiger partial charge in [-0.1, -0.05) is 185 Å². The number of allylic oxidation sites excluding steroid dienone is 5. The molecule has 1 heterocycles. The van der Waals surface area contributed by atoms with E-state index in [0.29, 0.717) is 12.8 Å². The smallest absolute Gasteiger partial charge is 0.394 e. The van der Waals surface area contributed by atoms with E-state index in [-0.39, 0.29) is 6.42 Å². The van der Waals surface area contributed by atoms with Gasteiger partial charge in [-0.15, -0.1) is 0 Å². The third-order valence-corrected chi connectivity index (χ3v) is 11.8. The van der Waals surface area contributed by atoms with E-state index in [4.69, 9.17) is 9.47 Å². The highest BCUT2D eigenvalue weighted by molar-refractivity contribution is 7.80. The van der Waals surface area contributed by atoms with E-state index in [1.165, 1.54) is 109 Å². The average molecular weight is 890 g/mol. The van der Waals surface area contributed by atoms with Crippen LogP contribution < -0.4 is 5.32 Å². The van der Waals surface area contributed by atoms with E-state index in [1.54, 1.807) is 0 Å². The van der Waals surface area contributed by atoms with Crippen LogP contribution in [-0.2, 0) is 28.9 Å². The van der Waals surface area contributed by atoms with Crippen molar-refractivity contribution in [3.8, 4) is 0 Å². The molecule has 1 saturated heterocycles. The Kier molecular flexibility index (Phi) is 35.4. The minimum atomic E-state index is -5.12. The van der Waals surface area contributed by atoms with Gasteiger partial charge in [-0.05, 0) is 44.9 Å². The molecule has 0 aromatic heterocycles. The molecule has 0 aromatic carbocycles. The number of carbonyl (C=O) groups is 1. The van der Waals surface area contributed by atoms with Gasteiger partial charge in [-0.25, -0.2) is 4.18 Å². The van der Waals surface area contributed by atoms with Gasteiger partial charge >= 0.3 is 10.4 Å². The molecule has 1 fully saturated rings. The number of hydrogen-bond acceptors (Lipinski definition) is 11. The summed E-state index contributed by atoms with van der Waals surface area (Å²) in [7, 11) is -5.12. The van der Waals surface area contributed by atoms with Crippen molar-refractivity contribution in [3.05, 3.63) is 36.5 Å². The highest BCUT2D eigenvalue weighted by Gasteiger charge is 2.48. The molecule has 0 bridgehead atoms. The van der Waals surface area contributed by atoms with Crippen molar-refractivity contribution in [1.29, 1.82) is 0 Å². The minimum absolute atomic E-state index is 0.237. The largest absolute Gasteiger partial charge is 0.397 e. The molecule has 8 unspecified atom stereocenters. The molecule has 1 aliphatic rings. The summed E-state index contributed by atoms with van der Waals surface area (Å²) >= 11 is 0. The van der Waals surface area contributed by atoms with Crippen molar-refractivity contribution in [2.45, 2.75) is 243 Å². The number of hydrogen-bond donors (Lipinski definition) is 7. The molecule has 13 nitrogen and oxygen atoms in total. The Hall–Kier alpha value is -1.72. The van der Waals surface area contributed by atoms with Crippen LogP contribution in [0, 0.1) is 0 Å². The lowest BCUT2D eigenvalue weighted by atomic mass is 9.99. The summed E-state index contributed by atoms with van der Waals surface area (Å²) in [5.41, 5.74) is 0. The lowest BCUT2D eigenvalue weighted by Gasteiger charge is -2.41. The van der Waals surface area contributed by atoms with E-state index in [0.717, 1.165) is 57.8 Å². The van der Waals surface area contributed by atoms with Crippen molar-refractivity contribution >= 4 is 16.3 Å². The highest BCUT2D eigenvalue weighted by Crippen LogP contribution is 2.26. The van der Waals surface area contributed by atoms with Gasteiger partial charge in [-0.2, -0.15) is 8.42 Å². The van der Waals surface area contributed by atoms with Crippen LogP contribution in [-0.4, -0.2) is 107 Å². The molecular formula is C47H87NO12S. The maximum absolute atomic E-state index is 13.1. The van der Waals surface area contributed by atoms with Gasteiger partial charge in [0, 0.05) is 0 Å². The van der Waals surface area contributed by atoms with Crippen molar-refractivity contribution in [1.82, 2.24) is 5.32 Å². The van der Waals surface area contributed by atoms with Gasteiger partial charge < -0.3 is 40.3 Å². The van der Waals surface area contributed by atoms with Gasteiger partial charge in [0.05, 0.1) is 25.4 Å². The lowest BCUT2D eigenvalue weighted by Crippen LogP contribution is -2.61. The maximum Gasteiger partial charge on any atom is 0.397 e. The van der Waals surface area contributed by atoms with Crippen LogP contribution in [0.25, 0.3) is 0 Å². The molecule has 7 N–H and O–H groups in total. The predicted molar refractivity (Wildman–Crippen MR) is 242 cm³/mol. The fraction of sp³-hybridized carbons (Fsp3) is 0.851. The van der Waals surface area contributed by atoms with Crippen LogP contribution in [0.3, 0.4) is 0 Å². The normalized spacial score (nSPS) is 21.5. The number of carbonyl (C=O) groups excluding carboxylic acids is 1. The van der Waals surface area contributed by atoms with Gasteiger partial charge in [0.25, 0.3) is 0 Å². The van der Waals surface area contributed by atoms with E-state index < -0.39 is 78.5 Å². The molecule has 14 heteroatoms. The van der Waals surface area contributed by atoms with E-state index in [1.807, 2.05) is 6.08 Å². The summed E-state index contributed by atoms with van der Waals surface area (Å²) < 4.78 is 47.5. The number of rotatable bonds is 40. The molecule has 358 valence electrons. The first-order valence-electron chi connectivity index (χ1n) is 24.0. The Morgan fingerprint density at radius 3 is 1.61 bits per heavy atom. The number of unbranched alkanes of at least 4 members (excludes halogenated alkanes) is 24. The number of aliphatic hydroxyl groups excluding tert-OH is 5. The van der Waals surface area contributed by atoms with E-state index in [2.05, 4.69) is 47.7 Å². The molecule has 0 saturated carbocycles. The van der Waals surface area contributed by atoms with E-state index >= 15 is 0 Å². The second-order valence-corrected chi connectivity index (χ2v) is 17.9. The fourth-order valence-electron chi connectivity index (χ4n) is 7.45. The summed E-state index contributed by atoms with van der Waals surface area (Å²) in [6, 6.07) is -1.12. The molecule has 1 amide bonds. The monoisotopic (exact) mass is 890 g/mol. The number of ether oxygens (including phenoxy) is 2. The van der Waals surface area contributed by atoms with Gasteiger partial charge in [-0.3, -0.25) is 9.35 Å². The van der Waals surface area contributed by atoms with Crippen LogP contribution in [0.4, 0.5) is 0 Å². The molecule has 1 rings (SSSR count). The molecule has 0 aromatic rings. The maximum atomic E-state index is 13.1. The molecule has 8 atom stereocenters. The zero-order chi connectivity index (χ0) is 45.0. The molecule has 1 aliphatic heterocycles.